The molecule has 7 heteroatoms. The Balaban J connectivity index is 2.27. The van der Waals surface area contributed by atoms with Crippen LogP contribution in [0.1, 0.15) is 37.5 Å². The van der Waals surface area contributed by atoms with Crippen LogP contribution < -0.4 is 16.8 Å². The highest BCUT2D eigenvalue weighted by molar-refractivity contribution is 5.50. The van der Waals surface area contributed by atoms with Crippen LogP contribution in [0.15, 0.2) is 12.1 Å². The molecule has 0 atom stereocenters. The van der Waals surface area contributed by atoms with E-state index in [0.29, 0.717) is 6.54 Å². The summed E-state index contributed by atoms with van der Waals surface area (Å²) in [5.41, 5.74) is 13.7. The molecule has 0 aliphatic heterocycles. The third kappa shape index (κ3) is 3.36. The van der Waals surface area contributed by atoms with Gasteiger partial charge in [-0.15, -0.1) is 0 Å². The van der Waals surface area contributed by atoms with E-state index in [1.54, 1.807) is 0 Å². The predicted molar refractivity (Wildman–Crippen MR) is 87.5 cm³/mol. The fourth-order valence-electron chi connectivity index (χ4n) is 2.49. The van der Waals surface area contributed by atoms with Gasteiger partial charge in [0, 0.05) is 17.7 Å². The summed E-state index contributed by atoms with van der Waals surface area (Å²) in [4.78, 5) is 11.6. The molecule has 0 aliphatic rings. The van der Waals surface area contributed by atoms with E-state index in [2.05, 4.69) is 41.0 Å². The highest BCUT2D eigenvalue weighted by atomic mass is 16.3. The topological polar surface area (TPSA) is 123 Å². The molecule has 0 radical (unpaired) electrons. The van der Waals surface area contributed by atoms with Gasteiger partial charge in [0.15, 0.2) is 0 Å². The van der Waals surface area contributed by atoms with E-state index in [-0.39, 0.29) is 29.0 Å². The largest absolute Gasteiger partial charge is 0.507 e. The maximum Gasteiger partial charge on any atom is 0.229 e. The molecule has 2 aromatic rings. The number of nitrogens with one attached hydrogen (secondary N) is 1. The van der Waals surface area contributed by atoms with Crippen LogP contribution in [0.4, 0.5) is 17.8 Å². The summed E-state index contributed by atoms with van der Waals surface area (Å²) in [6.45, 7) is 8.56. The molecule has 7 nitrogen and oxygen atoms in total. The SMILES string of the molecule is Cc1ccc(CNc2nc(N)nc(N)n2)c(O)c1C(C)(C)C. The third-order valence-electron chi connectivity index (χ3n) is 3.33. The van der Waals surface area contributed by atoms with E-state index in [1.807, 2.05) is 19.1 Å². The Labute approximate surface area is 129 Å². The minimum absolute atomic E-state index is 0.0542. The van der Waals surface area contributed by atoms with Gasteiger partial charge >= 0.3 is 0 Å². The fourth-order valence-corrected chi connectivity index (χ4v) is 2.49. The van der Waals surface area contributed by atoms with Crippen LogP contribution in [0.3, 0.4) is 0 Å². The lowest BCUT2D eigenvalue weighted by Crippen LogP contribution is -2.15. The van der Waals surface area contributed by atoms with Crippen molar-refractivity contribution in [2.75, 3.05) is 16.8 Å². The molecule has 6 N–H and O–H groups in total. The number of nitrogens with zero attached hydrogens (tertiary/aromatic N) is 3. The first-order valence-corrected chi connectivity index (χ1v) is 7.01. The molecule has 0 unspecified atom stereocenters. The smallest absolute Gasteiger partial charge is 0.229 e. The second kappa shape index (κ2) is 5.67. The van der Waals surface area contributed by atoms with E-state index in [0.717, 1.165) is 16.7 Å². The number of hydrogen-bond donors (Lipinski definition) is 4. The van der Waals surface area contributed by atoms with Crippen LogP contribution in [0, 0.1) is 6.92 Å². The molecule has 0 fully saturated rings. The molecule has 0 saturated carbocycles. The van der Waals surface area contributed by atoms with E-state index in [9.17, 15) is 5.11 Å². The molecule has 1 heterocycles. The molecular weight excluding hydrogens is 280 g/mol. The van der Waals surface area contributed by atoms with Gasteiger partial charge in [-0.25, -0.2) is 0 Å². The Morgan fingerprint density at radius 2 is 1.68 bits per heavy atom. The molecule has 0 bridgehead atoms. The zero-order valence-electron chi connectivity index (χ0n) is 13.3. The van der Waals surface area contributed by atoms with E-state index >= 15 is 0 Å². The number of nitrogen functional groups attached to an aromatic ring is 2. The fraction of sp³-hybridized carbons (Fsp3) is 0.400. The molecular formula is C15H22N6O. The number of nitrogens with two attached hydrogens (primary N) is 2. The quantitative estimate of drug-likeness (QED) is 0.683. The number of hydrogen-bond acceptors (Lipinski definition) is 7. The Bertz CT molecular complexity index is 673. The lowest BCUT2D eigenvalue weighted by atomic mass is 9.82. The molecule has 1 aromatic carbocycles. The Morgan fingerprint density at radius 3 is 2.23 bits per heavy atom. The Kier molecular flexibility index (Phi) is 4.07. The summed E-state index contributed by atoms with van der Waals surface area (Å²) in [6.07, 6.45) is 0. The van der Waals surface area contributed by atoms with Crippen LogP contribution >= 0.6 is 0 Å². The maximum atomic E-state index is 10.5. The lowest BCUT2D eigenvalue weighted by molar-refractivity contribution is 0.439. The standard InChI is InChI=1S/C15H22N6O/c1-8-5-6-9(11(22)10(8)15(2,3)4)7-18-14-20-12(16)19-13(17)21-14/h5-6,22H,7H2,1-4H3,(H5,16,17,18,19,20,21). The molecule has 0 saturated heterocycles. The molecule has 0 spiro atoms. The van der Waals surface area contributed by atoms with Gasteiger partial charge in [0.1, 0.15) is 5.75 Å². The zero-order chi connectivity index (χ0) is 16.5. The monoisotopic (exact) mass is 302 g/mol. The minimum Gasteiger partial charge on any atom is -0.507 e. The van der Waals surface area contributed by atoms with Gasteiger partial charge in [-0.1, -0.05) is 32.9 Å². The average Bonchev–Trinajstić information content (AvgIpc) is 2.35. The van der Waals surface area contributed by atoms with E-state index in [4.69, 9.17) is 11.5 Å². The van der Waals surface area contributed by atoms with Crippen molar-refractivity contribution in [2.45, 2.75) is 39.7 Å². The van der Waals surface area contributed by atoms with E-state index < -0.39 is 0 Å². The van der Waals surface area contributed by atoms with Crippen LogP contribution in [-0.2, 0) is 12.0 Å². The highest BCUT2D eigenvalue weighted by Crippen LogP contribution is 2.36. The minimum atomic E-state index is -0.147. The second-order valence-electron chi connectivity index (χ2n) is 6.24. The Hall–Kier alpha value is -2.57. The number of aryl methyl sites for hydroxylation is 1. The van der Waals surface area contributed by atoms with Crippen molar-refractivity contribution in [1.82, 2.24) is 15.0 Å². The number of rotatable bonds is 3. The molecule has 0 amide bonds. The molecule has 2 rings (SSSR count). The average molecular weight is 302 g/mol. The zero-order valence-corrected chi connectivity index (χ0v) is 13.3. The van der Waals surface area contributed by atoms with Crippen molar-refractivity contribution in [3.05, 3.63) is 28.8 Å². The van der Waals surface area contributed by atoms with Crippen molar-refractivity contribution in [3.63, 3.8) is 0 Å². The van der Waals surface area contributed by atoms with Gasteiger partial charge in [0.25, 0.3) is 0 Å². The molecule has 22 heavy (non-hydrogen) atoms. The molecule has 118 valence electrons. The number of anilines is 3. The first-order chi connectivity index (χ1) is 10.2. The van der Waals surface area contributed by atoms with Crippen LogP contribution in [0.25, 0.3) is 0 Å². The van der Waals surface area contributed by atoms with Crippen LogP contribution in [0.2, 0.25) is 0 Å². The number of benzene rings is 1. The number of phenolic OH excluding ortho intramolecular Hbond substituents is 1. The van der Waals surface area contributed by atoms with Gasteiger partial charge in [0.05, 0.1) is 0 Å². The second-order valence-corrected chi connectivity index (χ2v) is 6.24. The third-order valence-corrected chi connectivity index (χ3v) is 3.33. The number of aromatic hydroxyl groups is 1. The molecule has 1 aromatic heterocycles. The summed E-state index contributed by atoms with van der Waals surface area (Å²) in [5, 5.41) is 13.5. The maximum absolute atomic E-state index is 10.5. The Morgan fingerprint density at radius 1 is 1.09 bits per heavy atom. The first kappa shape index (κ1) is 15.8. The van der Waals surface area contributed by atoms with Crippen molar-refractivity contribution in [2.24, 2.45) is 0 Å². The van der Waals surface area contributed by atoms with E-state index in [1.165, 1.54) is 0 Å². The summed E-state index contributed by atoms with van der Waals surface area (Å²) in [6, 6.07) is 3.87. The molecule has 0 aliphatic carbocycles. The van der Waals surface area contributed by atoms with Gasteiger partial charge in [0.2, 0.25) is 17.8 Å². The summed E-state index contributed by atoms with van der Waals surface area (Å²) in [5.74, 6) is 0.675. The highest BCUT2D eigenvalue weighted by Gasteiger charge is 2.22. The van der Waals surface area contributed by atoms with Crippen LogP contribution in [0.5, 0.6) is 5.75 Å². The van der Waals surface area contributed by atoms with Crippen molar-refractivity contribution >= 4 is 17.8 Å². The first-order valence-electron chi connectivity index (χ1n) is 7.01. The number of aromatic nitrogens is 3. The van der Waals surface area contributed by atoms with Gasteiger partial charge < -0.3 is 21.9 Å². The summed E-state index contributed by atoms with van der Waals surface area (Å²) < 4.78 is 0. The van der Waals surface area contributed by atoms with Crippen molar-refractivity contribution in [1.29, 1.82) is 0 Å². The van der Waals surface area contributed by atoms with Gasteiger partial charge in [-0.2, -0.15) is 15.0 Å². The van der Waals surface area contributed by atoms with Crippen LogP contribution in [-0.4, -0.2) is 20.1 Å². The normalized spacial score (nSPS) is 11.5. The summed E-state index contributed by atoms with van der Waals surface area (Å²) in [7, 11) is 0. The van der Waals surface area contributed by atoms with Gasteiger partial charge in [-0.3, -0.25) is 0 Å². The lowest BCUT2D eigenvalue weighted by Gasteiger charge is -2.24. The summed E-state index contributed by atoms with van der Waals surface area (Å²) >= 11 is 0. The predicted octanol–water partition coefficient (Wildman–Crippen LogP) is 1.96. The van der Waals surface area contributed by atoms with Crippen molar-refractivity contribution < 1.29 is 5.11 Å². The van der Waals surface area contributed by atoms with Gasteiger partial charge in [-0.05, 0) is 17.9 Å². The van der Waals surface area contributed by atoms with Crippen molar-refractivity contribution in [3.8, 4) is 5.75 Å². The number of phenols is 1.